The van der Waals surface area contributed by atoms with E-state index >= 15 is 0 Å². The molecule has 0 radical (unpaired) electrons. The summed E-state index contributed by atoms with van der Waals surface area (Å²) < 4.78 is 16.4. The van der Waals surface area contributed by atoms with Crippen LogP contribution in [-0.2, 0) is 20.9 Å². The molecule has 4 rings (SSSR count). The first-order valence-corrected chi connectivity index (χ1v) is 10.8. The SMILES string of the molecule is COC(=O)C1=C(C)N(c2ccccc2)C(=O)C1=Cc1ccc(OCc2ccccc2)c(OC)c1. The highest BCUT2D eigenvalue weighted by atomic mass is 16.5. The van der Waals surface area contributed by atoms with Crippen LogP contribution in [0.15, 0.2) is 95.7 Å². The van der Waals surface area contributed by atoms with E-state index in [1.165, 1.54) is 12.0 Å². The molecule has 6 heteroatoms. The second-order valence-electron chi connectivity index (χ2n) is 7.67. The Morgan fingerprint density at radius 1 is 0.912 bits per heavy atom. The molecule has 1 amide bonds. The zero-order chi connectivity index (χ0) is 24.1. The fourth-order valence-corrected chi connectivity index (χ4v) is 3.86. The Balaban J connectivity index is 1.67. The van der Waals surface area contributed by atoms with Gasteiger partial charge >= 0.3 is 5.97 Å². The smallest absolute Gasteiger partial charge is 0.340 e. The lowest BCUT2D eigenvalue weighted by Crippen LogP contribution is -2.24. The molecule has 0 atom stereocenters. The van der Waals surface area contributed by atoms with Gasteiger partial charge in [0.05, 0.1) is 25.4 Å². The van der Waals surface area contributed by atoms with E-state index in [1.54, 1.807) is 32.2 Å². The molecule has 0 unspecified atom stereocenters. The Kier molecular flexibility index (Phi) is 6.78. The van der Waals surface area contributed by atoms with Gasteiger partial charge in [-0.25, -0.2) is 4.79 Å². The summed E-state index contributed by atoms with van der Waals surface area (Å²) in [6.45, 7) is 2.13. The summed E-state index contributed by atoms with van der Waals surface area (Å²) in [6.07, 6.45) is 1.67. The Morgan fingerprint density at radius 2 is 1.59 bits per heavy atom. The molecular weight excluding hydrogens is 430 g/mol. The van der Waals surface area contributed by atoms with E-state index in [0.29, 0.717) is 35.1 Å². The first kappa shape index (κ1) is 22.9. The highest BCUT2D eigenvalue weighted by molar-refractivity contribution is 6.23. The number of para-hydroxylation sites is 1. The molecule has 172 valence electrons. The maximum atomic E-state index is 13.4. The van der Waals surface area contributed by atoms with Gasteiger partial charge in [0, 0.05) is 11.4 Å². The second-order valence-corrected chi connectivity index (χ2v) is 7.67. The Morgan fingerprint density at radius 3 is 2.24 bits per heavy atom. The first-order valence-electron chi connectivity index (χ1n) is 10.8. The highest BCUT2D eigenvalue weighted by Crippen LogP contribution is 2.36. The summed E-state index contributed by atoms with van der Waals surface area (Å²) in [7, 11) is 2.86. The van der Waals surface area contributed by atoms with Gasteiger partial charge in [0.2, 0.25) is 0 Å². The lowest BCUT2D eigenvalue weighted by atomic mass is 10.0. The quantitative estimate of drug-likeness (QED) is 0.364. The summed E-state index contributed by atoms with van der Waals surface area (Å²) in [5.74, 6) is 0.242. The van der Waals surface area contributed by atoms with Crippen LogP contribution < -0.4 is 14.4 Å². The molecule has 3 aromatic rings. The monoisotopic (exact) mass is 455 g/mol. The Labute approximate surface area is 198 Å². The molecule has 0 fully saturated rings. The number of hydrogen-bond acceptors (Lipinski definition) is 5. The number of nitrogens with zero attached hydrogens (tertiary/aromatic N) is 1. The van der Waals surface area contributed by atoms with Gasteiger partial charge in [-0.3, -0.25) is 9.69 Å². The molecule has 1 aliphatic rings. The zero-order valence-corrected chi connectivity index (χ0v) is 19.3. The van der Waals surface area contributed by atoms with Crippen LogP contribution in [-0.4, -0.2) is 26.1 Å². The fraction of sp³-hybridized carbons (Fsp3) is 0.143. The van der Waals surface area contributed by atoms with Crippen LogP contribution in [0.3, 0.4) is 0 Å². The molecule has 6 nitrogen and oxygen atoms in total. The average Bonchev–Trinajstić information content (AvgIpc) is 3.12. The van der Waals surface area contributed by atoms with Crippen molar-refractivity contribution in [2.45, 2.75) is 13.5 Å². The van der Waals surface area contributed by atoms with Gasteiger partial charge in [0.1, 0.15) is 6.61 Å². The molecule has 1 heterocycles. The van der Waals surface area contributed by atoms with Crippen LogP contribution in [0, 0.1) is 0 Å². The minimum atomic E-state index is -0.565. The van der Waals surface area contributed by atoms with Crippen molar-refractivity contribution >= 4 is 23.6 Å². The third-order valence-electron chi connectivity index (χ3n) is 5.54. The van der Waals surface area contributed by atoms with Crippen LogP contribution in [0.25, 0.3) is 6.08 Å². The molecule has 34 heavy (non-hydrogen) atoms. The number of methoxy groups -OCH3 is 2. The summed E-state index contributed by atoms with van der Waals surface area (Å²) in [5, 5.41) is 0. The predicted molar refractivity (Wildman–Crippen MR) is 130 cm³/mol. The maximum absolute atomic E-state index is 13.4. The fourth-order valence-electron chi connectivity index (χ4n) is 3.86. The third-order valence-corrected chi connectivity index (χ3v) is 5.54. The van der Waals surface area contributed by atoms with Crippen molar-refractivity contribution in [3.8, 4) is 11.5 Å². The van der Waals surface area contributed by atoms with E-state index in [2.05, 4.69) is 0 Å². The molecule has 0 aliphatic carbocycles. The number of benzene rings is 3. The molecule has 0 spiro atoms. The van der Waals surface area contributed by atoms with Crippen LogP contribution in [0.2, 0.25) is 0 Å². The van der Waals surface area contributed by atoms with Crippen LogP contribution >= 0.6 is 0 Å². The second kappa shape index (κ2) is 10.1. The summed E-state index contributed by atoms with van der Waals surface area (Å²) in [5.41, 5.74) is 3.42. The van der Waals surface area contributed by atoms with E-state index in [-0.39, 0.29) is 17.1 Å². The minimum absolute atomic E-state index is 0.236. The van der Waals surface area contributed by atoms with E-state index in [0.717, 1.165) is 5.56 Å². The van der Waals surface area contributed by atoms with E-state index in [1.807, 2.05) is 66.7 Å². The first-order chi connectivity index (χ1) is 16.5. The number of allylic oxidation sites excluding steroid dienone is 1. The summed E-state index contributed by atoms with van der Waals surface area (Å²) in [6, 6.07) is 24.4. The molecule has 0 saturated carbocycles. The Bertz CT molecular complexity index is 1260. The number of carbonyl (C=O) groups excluding carboxylic acids is 2. The number of rotatable bonds is 7. The molecule has 0 aromatic heterocycles. The third kappa shape index (κ3) is 4.57. The van der Waals surface area contributed by atoms with Crippen molar-refractivity contribution in [2.75, 3.05) is 19.1 Å². The van der Waals surface area contributed by atoms with Gasteiger partial charge in [-0.1, -0.05) is 54.6 Å². The van der Waals surface area contributed by atoms with Gasteiger partial charge in [0.15, 0.2) is 11.5 Å². The van der Waals surface area contributed by atoms with E-state index in [9.17, 15) is 9.59 Å². The number of amides is 1. The number of ether oxygens (including phenoxy) is 3. The van der Waals surface area contributed by atoms with Crippen LogP contribution in [0.1, 0.15) is 18.1 Å². The molecule has 0 N–H and O–H groups in total. The highest BCUT2D eigenvalue weighted by Gasteiger charge is 2.37. The van der Waals surface area contributed by atoms with Crippen LogP contribution in [0.4, 0.5) is 5.69 Å². The zero-order valence-electron chi connectivity index (χ0n) is 19.3. The summed E-state index contributed by atoms with van der Waals surface area (Å²) in [4.78, 5) is 27.5. The van der Waals surface area contributed by atoms with Gasteiger partial charge < -0.3 is 14.2 Å². The van der Waals surface area contributed by atoms with E-state index in [4.69, 9.17) is 14.2 Å². The minimum Gasteiger partial charge on any atom is -0.493 e. The molecule has 0 saturated heterocycles. The van der Waals surface area contributed by atoms with Crippen molar-refractivity contribution in [1.29, 1.82) is 0 Å². The number of carbonyl (C=O) groups is 2. The number of hydrogen-bond donors (Lipinski definition) is 0. The van der Waals surface area contributed by atoms with Crippen molar-refractivity contribution < 1.29 is 23.8 Å². The van der Waals surface area contributed by atoms with Crippen molar-refractivity contribution in [2.24, 2.45) is 0 Å². The Hall–Kier alpha value is -4.32. The van der Waals surface area contributed by atoms with Crippen LogP contribution in [0.5, 0.6) is 11.5 Å². The maximum Gasteiger partial charge on any atom is 0.340 e. The van der Waals surface area contributed by atoms with E-state index < -0.39 is 5.97 Å². The van der Waals surface area contributed by atoms with Crippen molar-refractivity contribution in [1.82, 2.24) is 0 Å². The molecule has 1 aliphatic heterocycles. The topological polar surface area (TPSA) is 65.1 Å². The molecule has 3 aromatic carbocycles. The number of esters is 1. The lowest BCUT2D eigenvalue weighted by molar-refractivity contribution is -0.136. The van der Waals surface area contributed by atoms with Gasteiger partial charge in [-0.2, -0.15) is 0 Å². The van der Waals surface area contributed by atoms with Crippen molar-refractivity contribution in [3.63, 3.8) is 0 Å². The standard InChI is InChI=1S/C28H25NO5/c1-19-26(28(31)33-3)23(27(30)29(19)22-12-8-5-9-13-22)16-21-14-15-24(25(17-21)32-2)34-18-20-10-6-4-7-11-20/h4-17H,18H2,1-3H3. The van der Waals surface area contributed by atoms with Gasteiger partial charge in [-0.05, 0) is 48.4 Å². The average molecular weight is 456 g/mol. The summed E-state index contributed by atoms with van der Waals surface area (Å²) >= 11 is 0. The van der Waals surface area contributed by atoms with Crippen molar-refractivity contribution in [3.05, 3.63) is 107 Å². The normalized spacial score (nSPS) is 14.5. The molecule has 0 bridgehead atoms. The molecular formula is C28H25NO5. The lowest BCUT2D eigenvalue weighted by Gasteiger charge is -2.17. The van der Waals surface area contributed by atoms with Gasteiger partial charge in [0.25, 0.3) is 5.91 Å². The number of anilines is 1. The van der Waals surface area contributed by atoms with Gasteiger partial charge in [-0.15, -0.1) is 0 Å². The predicted octanol–water partition coefficient (Wildman–Crippen LogP) is 5.15. The largest absolute Gasteiger partial charge is 0.493 e.